The summed E-state index contributed by atoms with van der Waals surface area (Å²) in [6.45, 7) is 4.35. The van der Waals surface area contributed by atoms with E-state index in [4.69, 9.17) is 11.1 Å². The third kappa shape index (κ3) is 8.65. The van der Waals surface area contributed by atoms with Crippen molar-refractivity contribution in [2.24, 2.45) is 5.73 Å². The van der Waals surface area contributed by atoms with Crippen LogP contribution in [0.3, 0.4) is 0 Å². The topological polar surface area (TPSA) is 91.0 Å². The lowest BCUT2D eigenvalue weighted by Gasteiger charge is -2.09. The average Bonchev–Trinajstić information content (AvgIpc) is 1.96. The van der Waals surface area contributed by atoms with E-state index in [9.17, 15) is 4.79 Å². The Bertz CT molecular complexity index is 179. The fraction of sp³-hybridized carbons (Fsp3) is 0.750. The first kappa shape index (κ1) is 11.7. The zero-order chi connectivity index (χ0) is 10.3. The van der Waals surface area contributed by atoms with E-state index < -0.39 is 0 Å². The lowest BCUT2D eigenvalue weighted by atomic mass is 10.3. The van der Waals surface area contributed by atoms with Gasteiger partial charge < -0.3 is 16.4 Å². The molecule has 0 heterocycles. The largest absolute Gasteiger partial charge is 0.388 e. The summed E-state index contributed by atoms with van der Waals surface area (Å²) in [7, 11) is 0. The van der Waals surface area contributed by atoms with Gasteiger partial charge in [0.05, 0.1) is 5.84 Å². The van der Waals surface area contributed by atoms with E-state index in [0.29, 0.717) is 19.4 Å². The number of amides is 2. The quantitative estimate of drug-likeness (QED) is 0.284. The maximum absolute atomic E-state index is 11.0. The van der Waals surface area contributed by atoms with Gasteiger partial charge >= 0.3 is 6.03 Å². The molecule has 0 aliphatic carbocycles. The van der Waals surface area contributed by atoms with Crippen LogP contribution in [-0.4, -0.2) is 24.5 Å². The van der Waals surface area contributed by atoms with E-state index in [1.54, 1.807) is 0 Å². The fourth-order valence-corrected chi connectivity index (χ4v) is 0.794. The Balaban J connectivity index is 3.32. The van der Waals surface area contributed by atoms with Gasteiger partial charge in [0.15, 0.2) is 0 Å². The molecule has 0 saturated heterocycles. The SMILES string of the molecule is CC(C)NC(=O)NCCCC(=N)N. The summed E-state index contributed by atoms with van der Waals surface area (Å²) in [5.74, 6) is 0.158. The van der Waals surface area contributed by atoms with E-state index in [1.807, 2.05) is 13.8 Å². The molecule has 0 aromatic carbocycles. The monoisotopic (exact) mass is 186 g/mol. The molecule has 76 valence electrons. The molecular formula is C8H18N4O. The number of amidine groups is 1. The van der Waals surface area contributed by atoms with Gasteiger partial charge in [-0.2, -0.15) is 0 Å². The summed E-state index contributed by atoms with van der Waals surface area (Å²) in [4.78, 5) is 11.0. The molecule has 0 unspecified atom stereocenters. The molecule has 2 amide bonds. The normalized spacial score (nSPS) is 9.77. The second kappa shape index (κ2) is 6.28. The fourth-order valence-electron chi connectivity index (χ4n) is 0.794. The van der Waals surface area contributed by atoms with Crippen molar-refractivity contribution in [1.29, 1.82) is 5.41 Å². The molecule has 0 aromatic rings. The summed E-state index contributed by atoms with van der Waals surface area (Å²) in [5, 5.41) is 12.3. The summed E-state index contributed by atoms with van der Waals surface area (Å²) in [5.41, 5.74) is 5.15. The van der Waals surface area contributed by atoms with Gasteiger partial charge in [0, 0.05) is 19.0 Å². The minimum absolute atomic E-state index is 0.146. The molecule has 0 aromatic heterocycles. The van der Waals surface area contributed by atoms with Crippen molar-refractivity contribution in [2.75, 3.05) is 6.54 Å². The Kier molecular flexibility index (Phi) is 5.67. The van der Waals surface area contributed by atoms with Crippen LogP contribution in [0.2, 0.25) is 0 Å². The molecule has 13 heavy (non-hydrogen) atoms. The number of nitrogens with one attached hydrogen (secondary N) is 3. The van der Waals surface area contributed by atoms with E-state index in [2.05, 4.69) is 10.6 Å². The number of hydrogen-bond acceptors (Lipinski definition) is 2. The number of hydrogen-bond donors (Lipinski definition) is 4. The number of urea groups is 1. The highest BCUT2D eigenvalue weighted by Crippen LogP contribution is 1.84. The third-order valence-electron chi connectivity index (χ3n) is 1.33. The summed E-state index contributed by atoms with van der Waals surface area (Å²) >= 11 is 0. The van der Waals surface area contributed by atoms with Crippen LogP contribution in [-0.2, 0) is 0 Å². The second-order valence-corrected chi connectivity index (χ2v) is 3.18. The van der Waals surface area contributed by atoms with Gasteiger partial charge in [-0.1, -0.05) is 0 Å². The molecular weight excluding hydrogens is 168 g/mol. The molecule has 5 nitrogen and oxygen atoms in total. The van der Waals surface area contributed by atoms with Crippen molar-refractivity contribution in [3.05, 3.63) is 0 Å². The maximum Gasteiger partial charge on any atom is 0.314 e. The van der Waals surface area contributed by atoms with Crippen LogP contribution in [0, 0.1) is 5.41 Å². The second-order valence-electron chi connectivity index (χ2n) is 3.18. The van der Waals surface area contributed by atoms with Gasteiger partial charge in [0.25, 0.3) is 0 Å². The maximum atomic E-state index is 11.0. The van der Waals surface area contributed by atoms with Crippen LogP contribution < -0.4 is 16.4 Å². The predicted molar refractivity (Wildman–Crippen MR) is 52.8 cm³/mol. The summed E-state index contributed by atoms with van der Waals surface area (Å²) < 4.78 is 0. The van der Waals surface area contributed by atoms with Crippen LogP contribution in [0.1, 0.15) is 26.7 Å². The number of nitrogens with two attached hydrogens (primary N) is 1. The zero-order valence-electron chi connectivity index (χ0n) is 8.18. The predicted octanol–water partition coefficient (Wildman–Crippen LogP) is 0.410. The van der Waals surface area contributed by atoms with E-state index >= 15 is 0 Å². The van der Waals surface area contributed by atoms with Crippen LogP contribution in [0.4, 0.5) is 4.79 Å². The van der Waals surface area contributed by atoms with Crippen LogP contribution in [0.25, 0.3) is 0 Å². The third-order valence-corrected chi connectivity index (χ3v) is 1.33. The Morgan fingerprint density at radius 3 is 2.62 bits per heavy atom. The van der Waals surface area contributed by atoms with Gasteiger partial charge in [0.2, 0.25) is 0 Å². The molecule has 0 fully saturated rings. The molecule has 5 heteroatoms. The summed E-state index contributed by atoms with van der Waals surface area (Å²) in [6.07, 6.45) is 1.24. The first-order valence-electron chi connectivity index (χ1n) is 4.39. The smallest absolute Gasteiger partial charge is 0.314 e. The molecule has 0 saturated carbocycles. The first-order valence-corrected chi connectivity index (χ1v) is 4.39. The highest BCUT2D eigenvalue weighted by molar-refractivity contribution is 5.77. The molecule has 0 rings (SSSR count). The van der Waals surface area contributed by atoms with Crippen molar-refractivity contribution in [3.63, 3.8) is 0 Å². The minimum Gasteiger partial charge on any atom is -0.388 e. The van der Waals surface area contributed by atoms with E-state index in [0.717, 1.165) is 0 Å². The molecule has 0 aliphatic heterocycles. The molecule has 5 N–H and O–H groups in total. The minimum atomic E-state index is -0.168. The van der Waals surface area contributed by atoms with Crippen molar-refractivity contribution in [1.82, 2.24) is 10.6 Å². The Morgan fingerprint density at radius 1 is 1.54 bits per heavy atom. The number of carbonyl (C=O) groups is 1. The van der Waals surface area contributed by atoms with Crippen molar-refractivity contribution < 1.29 is 4.79 Å². The summed E-state index contributed by atoms with van der Waals surface area (Å²) in [6, 6.07) is -0.0219. The first-order chi connectivity index (χ1) is 6.02. The highest BCUT2D eigenvalue weighted by atomic mass is 16.2. The highest BCUT2D eigenvalue weighted by Gasteiger charge is 2.00. The van der Waals surface area contributed by atoms with Gasteiger partial charge in [-0.3, -0.25) is 5.41 Å². The van der Waals surface area contributed by atoms with Crippen LogP contribution >= 0.6 is 0 Å². The lowest BCUT2D eigenvalue weighted by Crippen LogP contribution is -2.39. The Labute approximate surface area is 78.6 Å². The van der Waals surface area contributed by atoms with Crippen molar-refractivity contribution in [2.45, 2.75) is 32.7 Å². The van der Waals surface area contributed by atoms with Gasteiger partial charge in [-0.05, 0) is 20.3 Å². The molecule has 0 spiro atoms. The van der Waals surface area contributed by atoms with E-state index in [1.165, 1.54) is 0 Å². The zero-order valence-corrected chi connectivity index (χ0v) is 8.18. The van der Waals surface area contributed by atoms with Gasteiger partial charge in [-0.15, -0.1) is 0 Å². The van der Waals surface area contributed by atoms with Crippen molar-refractivity contribution in [3.8, 4) is 0 Å². The van der Waals surface area contributed by atoms with Crippen molar-refractivity contribution >= 4 is 11.9 Å². The standard InChI is InChI=1S/C8H18N4O/c1-6(2)12-8(13)11-5-3-4-7(9)10/h6H,3-5H2,1-2H3,(H3,9,10)(H2,11,12,13). The molecule has 0 bridgehead atoms. The van der Waals surface area contributed by atoms with E-state index in [-0.39, 0.29) is 17.9 Å². The van der Waals surface area contributed by atoms with Gasteiger partial charge in [-0.25, -0.2) is 4.79 Å². The average molecular weight is 186 g/mol. The Hall–Kier alpha value is -1.26. The molecule has 0 radical (unpaired) electrons. The number of carbonyl (C=O) groups excluding carboxylic acids is 1. The van der Waals surface area contributed by atoms with Crippen LogP contribution in [0.5, 0.6) is 0 Å². The van der Waals surface area contributed by atoms with Gasteiger partial charge in [0.1, 0.15) is 0 Å². The Morgan fingerprint density at radius 2 is 2.15 bits per heavy atom. The number of rotatable bonds is 5. The lowest BCUT2D eigenvalue weighted by molar-refractivity contribution is 0.238. The molecule has 0 aliphatic rings. The molecule has 0 atom stereocenters. The van der Waals surface area contributed by atoms with Crippen LogP contribution in [0.15, 0.2) is 0 Å².